The smallest absolute Gasteiger partial charge is 0.303 e. The molecule has 11 nitrogen and oxygen atoms in total. The monoisotopic (exact) mass is 422 g/mol. The molecule has 0 bridgehead atoms. The normalized spacial score (nSPS) is 42.9. The lowest BCUT2D eigenvalue weighted by atomic mass is 9.84. The number of halogens is 1. The Balaban J connectivity index is 2.19. The minimum atomic E-state index is -1.69. The number of likely N-dealkylation sites (N-methyl/N-ethyl adjacent to an activating group) is 1. The standard InChI is InChI=1S/C17H31FN4O7/c1-6(23)26-14-8(20)4-9(21)15(13(14)25)29-17-12(22-3)11(18)16(27-7(2)24)10(5-19)28-17/h8-17,22,25H,4-5,19-21H2,1-3H3/t8-,9+,10-,11-,12-,13-,14+,15-,16+,17-/m1/s1. The third-order valence-corrected chi connectivity index (χ3v) is 5.15. The van der Waals surface area contributed by atoms with Crippen molar-refractivity contribution in [2.24, 2.45) is 17.2 Å². The topological polar surface area (TPSA) is 181 Å². The van der Waals surface area contributed by atoms with Gasteiger partial charge in [-0.15, -0.1) is 0 Å². The Hall–Kier alpha value is -1.41. The zero-order valence-corrected chi connectivity index (χ0v) is 16.7. The largest absolute Gasteiger partial charge is 0.458 e. The molecule has 0 amide bonds. The van der Waals surface area contributed by atoms with Gasteiger partial charge >= 0.3 is 11.9 Å². The highest BCUT2D eigenvalue weighted by Crippen LogP contribution is 2.30. The molecule has 0 unspecified atom stereocenters. The summed E-state index contributed by atoms with van der Waals surface area (Å²) in [5.41, 5.74) is 17.7. The predicted molar refractivity (Wildman–Crippen MR) is 98.0 cm³/mol. The quantitative estimate of drug-likeness (QED) is 0.280. The highest BCUT2D eigenvalue weighted by Gasteiger charge is 2.51. The molecule has 0 aromatic carbocycles. The first-order valence-electron chi connectivity index (χ1n) is 9.46. The zero-order valence-electron chi connectivity index (χ0n) is 16.7. The number of alkyl halides is 1. The molecule has 2 aliphatic rings. The SMILES string of the molecule is CN[C@H]1[C@@H](O[C@H]2[C@H](O)[C@@H](OC(C)=O)[C@H](N)C[C@@H]2N)O[C@H](CN)[C@H](OC(C)=O)[C@@H]1F. The summed E-state index contributed by atoms with van der Waals surface area (Å²) in [7, 11) is 1.49. The molecule has 168 valence electrons. The van der Waals surface area contributed by atoms with Gasteiger partial charge in [-0.05, 0) is 13.5 Å². The van der Waals surface area contributed by atoms with Crippen molar-refractivity contribution < 1.29 is 38.0 Å². The molecule has 1 aliphatic heterocycles. The summed E-state index contributed by atoms with van der Waals surface area (Å²) < 4.78 is 36.8. The van der Waals surface area contributed by atoms with E-state index >= 15 is 4.39 Å². The fourth-order valence-corrected chi connectivity index (χ4v) is 3.79. The van der Waals surface area contributed by atoms with Gasteiger partial charge in [0.2, 0.25) is 0 Å². The molecule has 29 heavy (non-hydrogen) atoms. The molecule has 10 atom stereocenters. The van der Waals surface area contributed by atoms with Crippen molar-refractivity contribution in [1.29, 1.82) is 0 Å². The molecule has 0 spiro atoms. The van der Waals surface area contributed by atoms with E-state index in [0.29, 0.717) is 0 Å². The molecular weight excluding hydrogens is 391 g/mol. The van der Waals surface area contributed by atoms with Gasteiger partial charge in [0.25, 0.3) is 0 Å². The van der Waals surface area contributed by atoms with Crippen LogP contribution < -0.4 is 22.5 Å². The van der Waals surface area contributed by atoms with Crippen LogP contribution in [0.25, 0.3) is 0 Å². The fraction of sp³-hybridized carbons (Fsp3) is 0.882. The Bertz CT molecular complexity index is 586. The van der Waals surface area contributed by atoms with Gasteiger partial charge in [-0.25, -0.2) is 4.39 Å². The van der Waals surface area contributed by atoms with Crippen LogP contribution in [-0.2, 0) is 28.5 Å². The van der Waals surface area contributed by atoms with Gasteiger partial charge in [0.05, 0.1) is 6.04 Å². The van der Waals surface area contributed by atoms with Crippen molar-refractivity contribution in [3.8, 4) is 0 Å². The average molecular weight is 422 g/mol. The van der Waals surface area contributed by atoms with Gasteiger partial charge < -0.3 is 46.6 Å². The summed E-state index contributed by atoms with van der Waals surface area (Å²) in [5, 5.41) is 13.4. The highest BCUT2D eigenvalue weighted by atomic mass is 19.1. The number of esters is 2. The zero-order chi connectivity index (χ0) is 21.9. The fourth-order valence-electron chi connectivity index (χ4n) is 3.79. The Morgan fingerprint density at radius 2 is 1.69 bits per heavy atom. The second-order valence-electron chi connectivity index (χ2n) is 7.34. The predicted octanol–water partition coefficient (Wildman–Crippen LogP) is -2.74. The molecule has 1 heterocycles. The molecule has 2 rings (SSSR count). The molecule has 2 fully saturated rings. The van der Waals surface area contributed by atoms with Crippen LogP contribution in [0.2, 0.25) is 0 Å². The van der Waals surface area contributed by atoms with E-state index in [1.165, 1.54) is 14.0 Å². The van der Waals surface area contributed by atoms with Gasteiger partial charge in [0.15, 0.2) is 18.6 Å². The van der Waals surface area contributed by atoms with Crippen LogP contribution in [0.4, 0.5) is 4.39 Å². The number of carbonyl (C=O) groups is 2. The molecule has 8 N–H and O–H groups in total. The summed E-state index contributed by atoms with van der Waals surface area (Å²) in [6, 6.07) is -2.44. The first-order valence-corrected chi connectivity index (χ1v) is 9.46. The van der Waals surface area contributed by atoms with Crippen molar-refractivity contribution in [3.63, 3.8) is 0 Å². The van der Waals surface area contributed by atoms with Crippen LogP contribution in [0.5, 0.6) is 0 Å². The van der Waals surface area contributed by atoms with Crippen molar-refractivity contribution in [2.75, 3.05) is 13.6 Å². The number of nitrogens with two attached hydrogens (primary N) is 3. The Morgan fingerprint density at radius 1 is 1.14 bits per heavy atom. The Morgan fingerprint density at radius 3 is 2.21 bits per heavy atom. The maximum absolute atomic E-state index is 15.1. The molecular formula is C17H31FN4O7. The van der Waals surface area contributed by atoms with Gasteiger partial charge in [0, 0.05) is 32.5 Å². The van der Waals surface area contributed by atoms with Gasteiger partial charge in [-0.1, -0.05) is 0 Å². The first-order chi connectivity index (χ1) is 13.6. The lowest BCUT2D eigenvalue weighted by molar-refractivity contribution is -0.287. The number of carbonyl (C=O) groups excluding carboxylic acids is 2. The lowest BCUT2D eigenvalue weighted by Gasteiger charge is -2.47. The van der Waals surface area contributed by atoms with Crippen molar-refractivity contribution in [2.45, 2.75) is 81.4 Å². The number of hydrogen-bond acceptors (Lipinski definition) is 11. The minimum absolute atomic E-state index is 0.130. The van der Waals surface area contributed by atoms with Crippen LogP contribution in [-0.4, -0.2) is 91.7 Å². The minimum Gasteiger partial charge on any atom is -0.458 e. The van der Waals surface area contributed by atoms with E-state index in [1.54, 1.807) is 0 Å². The summed E-state index contributed by atoms with van der Waals surface area (Å²) in [6.07, 6.45) is -8.31. The third-order valence-electron chi connectivity index (χ3n) is 5.15. The van der Waals surface area contributed by atoms with E-state index in [2.05, 4.69) is 5.32 Å². The Labute approximate surface area is 168 Å². The van der Waals surface area contributed by atoms with Crippen LogP contribution in [0.3, 0.4) is 0 Å². The van der Waals surface area contributed by atoms with Crippen molar-refractivity contribution >= 4 is 11.9 Å². The highest BCUT2D eigenvalue weighted by molar-refractivity contribution is 5.66. The number of aliphatic hydroxyl groups is 1. The van der Waals surface area contributed by atoms with Crippen LogP contribution in [0.1, 0.15) is 20.3 Å². The third kappa shape index (κ3) is 5.40. The van der Waals surface area contributed by atoms with Crippen LogP contribution in [0, 0.1) is 0 Å². The number of rotatable bonds is 6. The van der Waals surface area contributed by atoms with E-state index in [-0.39, 0.29) is 13.0 Å². The van der Waals surface area contributed by atoms with Gasteiger partial charge in [-0.2, -0.15) is 0 Å². The second kappa shape index (κ2) is 10.1. The van der Waals surface area contributed by atoms with E-state index in [4.69, 9.17) is 36.1 Å². The first kappa shape index (κ1) is 23.9. The van der Waals surface area contributed by atoms with E-state index < -0.39 is 73.0 Å². The second-order valence-corrected chi connectivity index (χ2v) is 7.34. The number of ether oxygens (including phenoxy) is 4. The summed E-state index contributed by atoms with van der Waals surface area (Å²) in [4.78, 5) is 22.6. The molecule has 0 aromatic heterocycles. The summed E-state index contributed by atoms with van der Waals surface area (Å²) >= 11 is 0. The summed E-state index contributed by atoms with van der Waals surface area (Å²) in [6.45, 7) is 2.22. The molecule has 1 saturated heterocycles. The number of nitrogens with one attached hydrogen (secondary N) is 1. The molecule has 1 aliphatic carbocycles. The molecule has 12 heteroatoms. The van der Waals surface area contributed by atoms with E-state index in [9.17, 15) is 14.7 Å². The van der Waals surface area contributed by atoms with E-state index in [0.717, 1.165) is 6.92 Å². The van der Waals surface area contributed by atoms with Crippen LogP contribution >= 0.6 is 0 Å². The van der Waals surface area contributed by atoms with Crippen LogP contribution in [0.15, 0.2) is 0 Å². The van der Waals surface area contributed by atoms with Crippen molar-refractivity contribution in [3.05, 3.63) is 0 Å². The maximum Gasteiger partial charge on any atom is 0.303 e. The Kier molecular flexibility index (Phi) is 8.28. The van der Waals surface area contributed by atoms with Crippen molar-refractivity contribution in [1.82, 2.24) is 5.32 Å². The lowest BCUT2D eigenvalue weighted by Crippen LogP contribution is -2.67. The number of aliphatic hydroxyl groups excluding tert-OH is 1. The van der Waals surface area contributed by atoms with Gasteiger partial charge in [-0.3, -0.25) is 9.59 Å². The molecule has 0 radical (unpaired) electrons. The van der Waals surface area contributed by atoms with E-state index in [1.807, 2.05) is 0 Å². The molecule has 1 saturated carbocycles. The molecule has 0 aromatic rings. The maximum atomic E-state index is 15.1. The average Bonchev–Trinajstić information content (AvgIpc) is 2.63. The van der Waals surface area contributed by atoms with Gasteiger partial charge in [0.1, 0.15) is 24.4 Å². The summed E-state index contributed by atoms with van der Waals surface area (Å²) in [5.74, 6) is -1.28. The number of hydrogen-bond donors (Lipinski definition) is 5.